The molecule has 0 aliphatic carbocycles. The topological polar surface area (TPSA) is 73.4 Å². The van der Waals surface area contributed by atoms with Crippen molar-refractivity contribution in [1.29, 1.82) is 0 Å². The van der Waals surface area contributed by atoms with Gasteiger partial charge in [-0.15, -0.1) is 0 Å². The van der Waals surface area contributed by atoms with Gasteiger partial charge in [-0.3, -0.25) is 4.79 Å². The highest BCUT2D eigenvalue weighted by Gasteiger charge is 2.27. The molecule has 2 aliphatic heterocycles. The lowest BCUT2D eigenvalue weighted by molar-refractivity contribution is -0.132. The Morgan fingerprint density at radius 1 is 1.33 bits per heavy atom. The molecule has 1 fully saturated rings. The maximum Gasteiger partial charge on any atom is 0.237 e. The van der Waals surface area contributed by atoms with Gasteiger partial charge in [-0.2, -0.15) is 0 Å². The lowest BCUT2D eigenvalue weighted by Gasteiger charge is -2.31. The maximum absolute atomic E-state index is 12.4. The van der Waals surface area contributed by atoms with Crippen LogP contribution in [0.25, 0.3) is 0 Å². The Morgan fingerprint density at radius 2 is 2.08 bits per heavy atom. The predicted molar refractivity (Wildman–Crippen MR) is 94.1 cm³/mol. The van der Waals surface area contributed by atoms with E-state index in [1.165, 1.54) is 5.56 Å². The number of anilines is 1. The Bertz CT molecular complexity index is 597. The summed E-state index contributed by atoms with van der Waals surface area (Å²) in [5.74, 6) is 2.45. The van der Waals surface area contributed by atoms with Gasteiger partial charge in [0.25, 0.3) is 0 Å². The molecule has 2 aliphatic rings. The van der Waals surface area contributed by atoms with E-state index in [1.807, 2.05) is 30.9 Å². The van der Waals surface area contributed by atoms with Gasteiger partial charge in [0.15, 0.2) is 0 Å². The second kappa shape index (κ2) is 7.44. The highest BCUT2D eigenvalue weighted by Crippen LogP contribution is 2.28. The van der Waals surface area contributed by atoms with Crippen molar-refractivity contribution in [3.8, 4) is 0 Å². The van der Waals surface area contributed by atoms with Crippen LogP contribution in [0.5, 0.6) is 0 Å². The van der Waals surface area contributed by atoms with Crippen LogP contribution < -0.4 is 10.6 Å². The summed E-state index contributed by atoms with van der Waals surface area (Å²) in [4.78, 5) is 25.9. The quantitative estimate of drug-likeness (QED) is 0.833. The molecule has 0 radical (unpaired) electrons. The summed E-state index contributed by atoms with van der Waals surface area (Å²) in [6.45, 7) is 3.82. The third kappa shape index (κ3) is 3.67. The molecule has 7 nitrogen and oxygen atoms in total. The fourth-order valence-corrected chi connectivity index (χ4v) is 3.50. The lowest BCUT2D eigenvalue weighted by Crippen LogP contribution is -2.41. The number of nitrogens with zero attached hydrogens (tertiary/aromatic N) is 4. The molecule has 0 bridgehead atoms. The van der Waals surface area contributed by atoms with Gasteiger partial charge in [-0.05, 0) is 46.4 Å². The van der Waals surface area contributed by atoms with E-state index in [4.69, 9.17) is 9.97 Å². The number of carbonyl (C=O) groups excluding carboxylic acids is 1. The lowest BCUT2D eigenvalue weighted by atomic mass is 9.96. The Morgan fingerprint density at radius 3 is 2.75 bits per heavy atom. The van der Waals surface area contributed by atoms with E-state index < -0.39 is 0 Å². The summed E-state index contributed by atoms with van der Waals surface area (Å²) < 4.78 is 0. The monoisotopic (exact) mass is 332 g/mol. The van der Waals surface area contributed by atoms with Gasteiger partial charge >= 0.3 is 0 Å². The molecule has 1 aromatic heterocycles. The molecule has 0 spiro atoms. The highest BCUT2D eigenvalue weighted by molar-refractivity contribution is 5.78. The van der Waals surface area contributed by atoms with Crippen molar-refractivity contribution in [1.82, 2.24) is 25.1 Å². The van der Waals surface area contributed by atoms with Crippen molar-refractivity contribution in [2.45, 2.75) is 31.7 Å². The summed E-state index contributed by atoms with van der Waals surface area (Å²) in [6.07, 6.45) is 2.97. The number of amides is 1. The molecule has 1 amide bonds. The summed E-state index contributed by atoms with van der Waals surface area (Å²) >= 11 is 0. The first kappa shape index (κ1) is 17.1. The van der Waals surface area contributed by atoms with E-state index >= 15 is 0 Å². The van der Waals surface area contributed by atoms with Gasteiger partial charge < -0.3 is 20.4 Å². The van der Waals surface area contributed by atoms with Gasteiger partial charge in [0.1, 0.15) is 11.6 Å². The average molecular weight is 332 g/mol. The largest absolute Gasteiger partial charge is 0.373 e. The van der Waals surface area contributed by atoms with Crippen LogP contribution in [0.2, 0.25) is 0 Å². The van der Waals surface area contributed by atoms with Crippen LogP contribution >= 0.6 is 0 Å². The number of fused-ring (bicyclic) bond motifs is 1. The van der Waals surface area contributed by atoms with Crippen LogP contribution in [0, 0.1) is 0 Å². The van der Waals surface area contributed by atoms with Crippen LogP contribution in [0.15, 0.2) is 0 Å². The summed E-state index contributed by atoms with van der Waals surface area (Å²) in [5.41, 5.74) is 2.19. The Balaban J connectivity index is 1.84. The first-order valence-electron chi connectivity index (χ1n) is 8.79. The third-order valence-corrected chi connectivity index (χ3v) is 4.83. The van der Waals surface area contributed by atoms with Crippen LogP contribution in [0.3, 0.4) is 0 Å². The maximum atomic E-state index is 12.4. The molecular formula is C17H28N6O. The predicted octanol–water partition coefficient (Wildman–Crippen LogP) is 0.432. The Hall–Kier alpha value is -1.73. The minimum atomic E-state index is 0.165. The van der Waals surface area contributed by atoms with E-state index in [-0.39, 0.29) is 5.91 Å². The van der Waals surface area contributed by atoms with Crippen molar-refractivity contribution in [2.24, 2.45) is 0 Å². The van der Waals surface area contributed by atoms with Gasteiger partial charge in [-0.25, -0.2) is 9.97 Å². The number of carbonyl (C=O) groups is 1. The number of hydrogen-bond acceptors (Lipinski definition) is 6. The van der Waals surface area contributed by atoms with Crippen molar-refractivity contribution >= 4 is 11.7 Å². The van der Waals surface area contributed by atoms with E-state index in [0.29, 0.717) is 19.0 Å². The first-order valence-corrected chi connectivity index (χ1v) is 8.79. The number of piperidine rings is 1. The molecule has 2 N–H and O–H groups in total. The SMILES string of the molecule is CNc1nc(C2CCNCC2)nc2c1CCN(C(=O)CN(C)C)C2. The Kier molecular flexibility index (Phi) is 5.30. The van der Waals surface area contributed by atoms with Crippen molar-refractivity contribution in [2.75, 3.05) is 52.6 Å². The highest BCUT2D eigenvalue weighted by atomic mass is 16.2. The van der Waals surface area contributed by atoms with Crippen LogP contribution in [0.4, 0.5) is 5.82 Å². The minimum Gasteiger partial charge on any atom is -0.373 e. The van der Waals surface area contributed by atoms with Crippen LogP contribution in [-0.2, 0) is 17.8 Å². The van der Waals surface area contributed by atoms with Crippen LogP contribution in [0.1, 0.15) is 35.8 Å². The van der Waals surface area contributed by atoms with Gasteiger partial charge in [-0.1, -0.05) is 0 Å². The molecule has 0 saturated carbocycles. The normalized spacial score (nSPS) is 18.6. The van der Waals surface area contributed by atoms with E-state index in [1.54, 1.807) is 0 Å². The molecule has 0 aromatic carbocycles. The summed E-state index contributed by atoms with van der Waals surface area (Å²) in [7, 11) is 5.76. The zero-order chi connectivity index (χ0) is 17.1. The number of likely N-dealkylation sites (N-methyl/N-ethyl adjacent to an activating group) is 1. The van der Waals surface area contributed by atoms with Crippen molar-refractivity contribution in [3.05, 3.63) is 17.1 Å². The Labute approximate surface area is 143 Å². The molecule has 132 valence electrons. The molecule has 3 rings (SSSR count). The molecule has 24 heavy (non-hydrogen) atoms. The van der Waals surface area contributed by atoms with Gasteiger partial charge in [0, 0.05) is 25.1 Å². The molecule has 1 saturated heterocycles. The van der Waals surface area contributed by atoms with Crippen LogP contribution in [-0.4, -0.2) is 73.0 Å². The molecule has 1 aromatic rings. The van der Waals surface area contributed by atoms with Crippen molar-refractivity contribution in [3.63, 3.8) is 0 Å². The van der Waals surface area contributed by atoms with E-state index in [9.17, 15) is 4.79 Å². The molecule has 0 unspecified atom stereocenters. The number of aromatic nitrogens is 2. The summed E-state index contributed by atoms with van der Waals surface area (Å²) in [5, 5.41) is 6.62. The summed E-state index contributed by atoms with van der Waals surface area (Å²) in [6, 6.07) is 0. The average Bonchev–Trinajstić information content (AvgIpc) is 2.60. The molecule has 0 atom stereocenters. The number of nitrogens with one attached hydrogen (secondary N) is 2. The fourth-order valence-electron chi connectivity index (χ4n) is 3.50. The standard InChI is InChI=1S/C17H28N6O/c1-18-17-13-6-9-23(15(24)11-22(2)3)10-14(13)20-16(21-17)12-4-7-19-8-5-12/h12,19H,4-11H2,1-3H3,(H,18,20,21). The van der Waals surface area contributed by atoms with Crippen molar-refractivity contribution < 1.29 is 4.79 Å². The number of rotatable bonds is 4. The zero-order valence-electron chi connectivity index (χ0n) is 14.9. The first-order chi connectivity index (χ1) is 11.6. The van der Waals surface area contributed by atoms with Gasteiger partial charge in [0.2, 0.25) is 5.91 Å². The van der Waals surface area contributed by atoms with E-state index in [2.05, 4.69) is 10.6 Å². The molecule has 3 heterocycles. The molecular weight excluding hydrogens is 304 g/mol. The minimum absolute atomic E-state index is 0.165. The fraction of sp³-hybridized carbons (Fsp3) is 0.706. The zero-order valence-corrected chi connectivity index (χ0v) is 14.9. The number of hydrogen-bond donors (Lipinski definition) is 2. The smallest absolute Gasteiger partial charge is 0.237 e. The second-order valence-corrected chi connectivity index (χ2v) is 6.93. The third-order valence-electron chi connectivity index (χ3n) is 4.83. The molecule has 7 heteroatoms. The second-order valence-electron chi connectivity index (χ2n) is 6.93. The van der Waals surface area contributed by atoms with E-state index in [0.717, 1.165) is 56.2 Å². The van der Waals surface area contributed by atoms with Gasteiger partial charge in [0.05, 0.1) is 18.8 Å².